The van der Waals surface area contributed by atoms with Crippen molar-refractivity contribution >= 4 is 17.4 Å². The number of carbonyl (C=O) groups excluding carboxylic acids is 1. The van der Waals surface area contributed by atoms with Crippen LogP contribution >= 0.6 is 0 Å². The molecule has 0 atom stereocenters. The van der Waals surface area contributed by atoms with Crippen LogP contribution in [0.5, 0.6) is 0 Å². The number of aromatic nitrogens is 1. The van der Waals surface area contributed by atoms with Crippen molar-refractivity contribution in [1.29, 1.82) is 0 Å². The molecule has 26 heavy (non-hydrogen) atoms. The number of pyridine rings is 1. The number of piperazine rings is 1. The summed E-state index contributed by atoms with van der Waals surface area (Å²) in [5.41, 5.74) is 3.18. The Morgan fingerprint density at radius 3 is 2.65 bits per heavy atom. The van der Waals surface area contributed by atoms with Gasteiger partial charge in [0.15, 0.2) is 0 Å². The normalized spacial score (nSPS) is 14.4. The van der Waals surface area contributed by atoms with Crippen LogP contribution in [0.25, 0.3) is 0 Å². The lowest BCUT2D eigenvalue weighted by atomic mass is 10.2. The zero-order valence-electron chi connectivity index (χ0n) is 15.4. The molecule has 0 aliphatic carbocycles. The average molecular weight is 354 g/mol. The number of nitrogens with zero attached hydrogens (tertiary/aromatic N) is 3. The lowest BCUT2D eigenvalue weighted by Crippen LogP contribution is -2.46. The highest BCUT2D eigenvalue weighted by molar-refractivity contribution is 5.94. The van der Waals surface area contributed by atoms with Crippen molar-refractivity contribution in [2.75, 3.05) is 56.2 Å². The molecule has 2 aromatic rings. The maximum atomic E-state index is 12.2. The molecule has 0 bridgehead atoms. The van der Waals surface area contributed by atoms with Crippen LogP contribution in [0.2, 0.25) is 0 Å². The largest absolute Gasteiger partial charge is 0.383 e. The van der Waals surface area contributed by atoms with Crippen LogP contribution < -0.4 is 15.1 Å². The summed E-state index contributed by atoms with van der Waals surface area (Å²) in [5.74, 6) is 0.761. The number of amides is 1. The van der Waals surface area contributed by atoms with Gasteiger partial charge in [-0.2, -0.15) is 0 Å². The lowest BCUT2D eigenvalue weighted by Gasteiger charge is -2.37. The zero-order chi connectivity index (χ0) is 18.4. The van der Waals surface area contributed by atoms with E-state index < -0.39 is 0 Å². The topological polar surface area (TPSA) is 57.7 Å². The first-order valence-corrected chi connectivity index (χ1v) is 8.97. The second kappa shape index (κ2) is 8.67. The summed E-state index contributed by atoms with van der Waals surface area (Å²) in [5, 5.41) is 2.85. The Balaban J connectivity index is 1.61. The van der Waals surface area contributed by atoms with E-state index in [1.807, 2.05) is 6.07 Å². The molecule has 1 amide bonds. The summed E-state index contributed by atoms with van der Waals surface area (Å²) >= 11 is 0. The molecule has 1 aliphatic rings. The van der Waals surface area contributed by atoms with E-state index in [1.165, 1.54) is 11.3 Å². The van der Waals surface area contributed by atoms with Crippen LogP contribution in [-0.4, -0.2) is 57.3 Å². The highest BCUT2D eigenvalue weighted by Gasteiger charge is 2.19. The SMILES string of the molecule is COCCNC(=O)c1ccnc(N2CCN(c3cccc(C)c3)CC2)c1. The van der Waals surface area contributed by atoms with Gasteiger partial charge in [-0.15, -0.1) is 0 Å². The molecule has 0 radical (unpaired) electrons. The monoisotopic (exact) mass is 354 g/mol. The molecule has 1 aromatic carbocycles. The molecule has 0 spiro atoms. The molecule has 3 rings (SSSR count). The minimum absolute atomic E-state index is 0.0934. The Morgan fingerprint density at radius 2 is 1.92 bits per heavy atom. The number of benzene rings is 1. The number of hydrogen-bond acceptors (Lipinski definition) is 5. The first-order chi connectivity index (χ1) is 12.7. The number of methoxy groups -OCH3 is 1. The Hall–Kier alpha value is -2.60. The molecular weight excluding hydrogens is 328 g/mol. The van der Waals surface area contributed by atoms with Gasteiger partial charge in [0.1, 0.15) is 5.82 Å². The zero-order valence-corrected chi connectivity index (χ0v) is 15.4. The highest BCUT2D eigenvalue weighted by atomic mass is 16.5. The molecule has 0 unspecified atom stereocenters. The summed E-state index contributed by atoms with van der Waals surface area (Å²) in [6.45, 7) is 6.77. The predicted molar refractivity (Wildman–Crippen MR) is 104 cm³/mol. The Labute approximate surface area is 154 Å². The number of nitrogens with one attached hydrogen (secondary N) is 1. The third kappa shape index (κ3) is 4.52. The number of ether oxygens (including phenoxy) is 1. The first kappa shape index (κ1) is 18.2. The van der Waals surface area contributed by atoms with E-state index in [2.05, 4.69) is 51.3 Å². The van der Waals surface area contributed by atoms with E-state index >= 15 is 0 Å². The van der Waals surface area contributed by atoms with E-state index in [0.29, 0.717) is 18.7 Å². The third-order valence-corrected chi connectivity index (χ3v) is 4.57. The number of carbonyl (C=O) groups is 1. The third-order valence-electron chi connectivity index (χ3n) is 4.57. The summed E-state index contributed by atoms with van der Waals surface area (Å²) < 4.78 is 4.96. The van der Waals surface area contributed by atoms with Crippen LogP contribution in [0, 0.1) is 6.92 Å². The second-order valence-corrected chi connectivity index (χ2v) is 6.46. The van der Waals surface area contributed by atoms with Crippen molar-refractivity contribution in [2.24, 2.45) is 0 Å². The van der Waals surface area contributed by atoms with E-state index in [-0.39, 0.29) is 5.91 Å². The molecule has 2 heterocycles. The lowest BCUT2D eigenvalue weighted by molar-refractivity contribution is 0.0937. The van der Waals surface area contributed by atoms with Gasteiger partial charge in [0.05, 0.1) is 6.61 Å². The number of aryl methyl sites for hydroxylation is 1. The number of hydrogen-bond donors (Lipinski definition) is 1. The van der Waals surface area contributed by atoms with Crippen molar-refractivity contribution in [3.05, 3.63) is 53.7 Å². The van der Waals surface area contributed by atoms with Gasteiger partial charge in [-0.1, -0.05) is 12.1 Å². The molecule has 1 fully saturated rings. The fourth-order valence-electron chi connectivity index (χ4n) is 3.12. The Bertz CT molecular complexity index is 742. The second-order valence-electron chi connectivity index (χ2n) is 6.46. The number of rotatable bonds is 6. The van der Waals surface area contributed by atoms with Gasteiger partial charge < -0.3 is 19.9 Å². The van der Waals surface area contributed by atoms with Gasteiger partial charge in [0.2, 0.25) is 0 Å². The fraction of sp³-hybridized carbons (Fsp3) is 0.400. The van der Waals surface area contributed by atoms with Gasteiger partial charge in [-0.3, -0.25) is 4.79 Å². The van der Waals surface area contributed by atoms with Crippen molar-refractivity contribution in [3.8, 4) is 0 Å². The van der Waals surface area contributed by atoms with Crippen molar-refractivity contribution in [3.63, 3.8) is 0 Å². The molecule has 6 heteroatoms. The molecule has 1 aromatic heterocycles. The minimum Gasteiger partial charge on any atom is -0.383 e. The first-order valence-electron chi connectivity index (χ1n) is 8.97. The van der Waals surface area contributed by atoms with E-state index in [1.54, 1.807) is 19.4 Å². The molecule has 1 aliphatic heterocycles. The minimum atomic E-state index is -0.0934. The standard InChI is InChI=1S/C20H26N4O2/c1-16-4-3-5-18(14-16)23-9-11-24(12-10-23)19-15-17(6-7-21-19)20(25)22-8-13-26-2/h3-7,14-15H,8-13H2,1-2H3,(H,22,25). The van der Waals surface area contributed by atoms with E-state index in [0.717, 1.165) is 32.0 Å². The summed E-state index contributed by atoms with van der Waals surface area (Å²) in [6, 6.07) is 12.2. The fourth-order valence-corrected chi connectivity index (χ4v) is 3.12. The van der Waals surface area contributed by atoms with Gasteiger partial charge in [-0.05, 0) is 36.8 Å². The maximum Gasteiger partial charge on any atom is 0.251 e. The molecule has 1 N–H and O–H groups in total. The quantitative estimate of drug-likeness (QED) is 0.805. The van der Waals surface area contributed by atoms with Crippen LogP contribution in [0.1, 0.15) is 15.9 Å². The van der Waals surface area contributed by atoms with Crippen LogP contribution in [-0.2, 0) is 4.74 Å². The summed E-state index contributed by atoms with van der Waals surface area (Å²) in [4.78, 5) is 21.3. The van der Waals surface area contributed by atoms with Gasteiger partial charge in [0, 0.05) is 57.3 Å². The Kier molecular flexibility index (Phi) is 6.07. The van der Waals surface area contributed by atoms with Gasteiger partial charge >= 0.3 is 0 Å². The molecule has 1 saturated heterocycles. The van der Waals surface area contributed by atoms with E-state index in [9.17, 15) is 4.79 Å². The van der Waals surface area contributed by atoms with Crippen LogP contribution in [0.3, 0.4) is 0 Å². The van der Waals surface area contributed by atoms with Crippen LogP contribution in [0.15, 0.2) is 42.6 Å². The highest BCUT2D eigenvalue weighted by Crippen LogP contribution is 2.20. The average Bonchev–Trinajstić information content (AvgIpc) is 2.68. The van der Waals surface area contributed by atoms with Gasteiger partial charge in [0.25, 0.3) is 5.91 Å². The number of anilines is 2. The summed E-state index contributed by atoms with van der Waals surface area (Å²) in [7, 11) is 1.62. The molecule has 0 saturated carbocycles. The van der Waals surface area contributed by atoms with Crippen LogP contribution in [0.4, 0.5) is 11.5 Å². The molecule has 6 nitrogen and oxygen atoms in total. The van der Waals surface area contributed by atoms with Crippen molar-refractivity contribution in [2.45, 2.75) is 6.92 Å². The maximum absolute atomic E-state index is 12.2. The molecular formula is C20H26N4O2. The van der Waals surface area contributed by atoms with Crippen molar-refractivity contribution < 1.29 is 9.53 Å². The van der Waals surface area contributed by atoms with Crippen molar-refractivity contribution in [1.82, 2.24) is 10.3 Å². The molecule has 138 valence electrons. The summed E-state index contributed by atoms with van der Waals surface area (Å²) in [6.07, 6.45) is 1.70. The van der Waals surface area contributed by atoms with Gasteiger partial charge in [-0.25, -0.2) is 4.98 Å². The predicted octanol–water partition coefficient (Wildman–Crippen LogP) is 2.09. The van der Waals surface area contributed by atoms with E-state index in [4.69, 9.17) is 4.74 Å². The Morgan fingerprint density at radius 1 is 1.15 bits per heavy atom. The smallest absolute Gasteiger partial charge is 0.251 e.